The molecule has 1 unspecified atom stereocenters. The Labute approximate surface area is 197 Å². The van der Waals surface area contributed by atoms with Crippen molar-refractivity contribution in [1.29, 1.82) is 0 Å². The lowest BCUT2D eigenvalue weighted by molar-refractivity contribution is 0.0566. The summed E-state index contributed by atoms with van der Waals surface area (Å²) in [5.74, 6) is 0.501. The summed E-state index contributed by atoms with van der Waals surface area (Å²) < 4.78 is 20.2. The normalized spacial score (nSPS) is 12.5. The number of aromatic nitrogens is 2. The fourth-order valence-electron chi connectivity index (χ4n) is 3.79. The zero-order chi connectivity index (χ0) is 23.5. The molecule has 0 N–H and O–H groups in total. The maximum Gasteiger partial charge on any atom is 0.152 e. The molecule has 1 aromatic heterocycles. The van der Waals surface area contributed by atoms with Gasteiger partial charge in [0, 0.05) is 18.2 Å². The fourth-order valence-corrected chi connectivity index (χ4v) is 3.79. The van der Waals surface area contributed by atoms with E-state index in [0.717, 1.165) is 54.3 Å². The van der Waals surface area contributed by atoms with Gasteiger partial charge in [0.05, 0.1) is 11.6 Å². The lowest BCUT2D eigenvalue weighted by atomic mass is 10.0. The number of rotatable bonds is 13. The van der Waals surface area contributed by atoms with Gasteiger partial charge in [0.15, 0.2) is 5.82 Å². The van der Waals surface area contributed by atoms with Gasteiger partial charge in [-0.3, -0.25) is 0 Å². The van der Waals surface area contributed by atoms with Gasteiger partial charge in [0.2, 0.25) is 0 Å². The SMILES string of the molecule is C=CCc1ccc(-c2ccc3nc(/C=C/CCCC(C)OCCCCC)ncc3c2)cc1F. The highest BCUT2D eigenvalue weighted by Gasteiger charge is 2.06. The second-order valence-corrected chi connectivity index (χ2v) is 8.52. The summed E-state index contributed by atoms with van der Waals surface area (Å²) in [6.07, 6.45) is 15.2. The van der Waals surface area contributed by atoms with Gasteiger partial charge in [-0.25, -0.2) is 14.4 Å². The Hall–Kier alpha value is -2.85. The third-order valence-electron chi connectivity index (χ3n) is 5.75. The van der Waals surface area contributed by atoms with E-state index in [2.05, 4.69) is 36.5 Å². The van der Waals surface area contributed by atoms with E-state index in [1.54, 1.807) is 12.1 Å². The van der Waals surface area contributed by atoms with Crippen LogP contribution in [0, 0.1) is 5.82 Å². The van der Waals surface area contributed by atoms with Crippen molar-refractivity contribution in [3.05, 3.63) is 78.5 Å². The molecule has 0 aliphatic carbocycles. The van der Waals surface area contributed by atoms with E-state index >= 15 is 0 Å². The van der Waals surface area contributed by atoms with Crippen LogP contribution in [0.4, 0.5) is 4.39 Å². The molecule has 0 spiro atoms. The van der Waals surface area contributed by atoms with Crippen molar-refractivity contribution >= 4 is 17.0 Å². The average molecular weight is 447 g/mol. The zero-order valence-corrected chi connectivity index (χ0v) is 19.9. The van der Waals surface area contributed by atoms with Crippen molar-refractivity contribution in [3.63, 3.8) is 0 Å². The maximum absolute atomic E-state index is 14.3. The van der Waals surface area contributed by atoms with E-state index in [4.69, 9.17) is 4.74 Å². The summed E-state index contributed by atoms with van der Waals surface area (Å²) in [7, 11) is 0. The number of fused-ring (bicyclic) bond motifs is 1. The predicted octanol–water partition coefficient (Wildman–Crippen LogP) is 7.94. The lowest BCUT2D eigenvalue weighted by Gasteiger charge is -2.11. The molecule has 0 aliphatic rings. The molecule has 3 aromatic rings. The molecule has 0 aliphatic heterocycles. The van der Waals surface area contributed by atoms with Crippen LogP contribution in [0.1, 0.15) is 63.8 Å². The molecule has 0 amide bonds. The van der Waals surface area contributed by atoms with Crippen LogP contribution < -0.4 is 0 Å². The van der Waals surface area contributed by atoms with Crippen molar-refractivity contribution in [2.24, 2.45) is 0 Å². The first-order chi connectivity index (χ1) is 16.1. The minimum atomic E-state index is -0.207. The Morgan fingerprint density at radius 2 is 1.91 bits per heavy atom. The third-order valence-corrected chi connectivity index (χ3v) is 5.75. The number of nitrogens with zero attached hydrogens (tertiary/aromatic N) is 2. The van der Waals surface area contributed by atoms with Crippen LogP contribution in [-0.2, 0) is 11.2 Å². The first-order valence-electron chi connectivity index (χ1n) is 12.1. The van der Waals surface area contributed by atoms with E-state index in [1.165, 1.54) is 12.8 Å². The highest BCUT2D eigenvalue weighted by atomic mass is 19.1. The summed E-state index contributed by atoms with van der Waals surface area (Å²) in [6.45, 7) is 8.91. The molecule has 174 valence electrons. The average Bonchev–Trinajstić information content (AvgIpc) is 2.82. The molecule has 3 nitrogen and oxygen atoms in total. The van der Waals surface area contributed by atoms with Gasteiger partial charge in [-0.2, -0.15) is 0 Å². The third kappa shape index (κ3) is 7.61. The highest BCUT2D eigenvalue weighted by Crippen LogP contribution is 2.25. The van der Waals surface area contributed by atoms with Crippen LogP contribution in [0.25, 0.3) is 28.1 Å². The van der Waals surface area contributed by atoms with E-state index in [-0.39, 0.29) is 5.82 Å². The largest absolute Gasteiger partial charge is 0.379 e. The van der Waals surface area contributed by atoms with E-state index in [9.17, 15) is 4.39 Å². The number of hydrogen-bond donors (Lipinski definition) is 0. The van der Waals surface area contributed by atoms with E-state index in [0.29, 0.717) is 23.9 Å². The van der Waals surface area contributed by atoms with Gasteiger partial charge in [0.1, 0.15) is 5.82 Å². The number of unbranched alkanes of at least 4 members (excludes halogenated alkanes) is 3. The molecular weight excluding hydrogens is 411 g/mol. The van der Waals surface area contributed by atoms with Gasteiger partial charge < -0.3 is 4.74 Å². The van der Waals surface area contributed by atoms with Gasteiger partial charge in [-0.1, -0.05) is 50.1 Å². The molecular formula is C29H35FN2O. The number of ether oxygens (including phenoxy) is 1. The van der Waals surface area contributed by atoms with Crippen LogP contribution >= 0.6 is 0 Å². The Balaban J connectivity index is 1.55. The standard InChI is InChI=1S/C29H35FN2O/c1-4-6-10-18-33-22(3)12-8-7-9-13-29-31-21-26-19-24(16-17-28(26)32-29)25-15-14-23(11-5-2)27(30)20-25/h5,9,13-17,19-22H,2,4,6-8,10-12,18H2,1,3H3/b13-9+. The van der Waals surface area contributed by atoms with Crippen molar-refractivity contribution in [3.8, 4) is 11.1 Å². The van der Waals surface area contributed by atoms with E-state index < -0.39 is 0 Å². The molecule has 1 heterocycles. The van der Waals surface area contributed by atoms with Crippen LogP contribution in [0.2, 0.25) is 0 Å². The summed E-state index contributed by atoms with van der Waals surface area (Å²) in [5, 5.41) is 0.939. The number of halogens is 1. The number of benzene rings is 2. The molecule has 3 rings (SSSR count). The van der Waals surface area contributed by atoms with Gasteiger partial charge >= 0.3 is 0 Å². The molecule has 0 bridgehead atoms. The van der Waals surface area contributed by atoms with Gasteiger partial charge in [0.25, 0.3) is 0 Å². The number of allylic oxidation sites excluding steroid dienone is 2. The van der Waals surface area contributed by atoms with E-state index in [1.807, 2.05) is 42.6 Å². The fraction of sp³-hybridized carbons (Fsp3) is 0.379. The van der Waals surface area contributed by atoms with Crippen LogP contribution in [-0.4, -0.2) is 22.7 Å². The maximum atomic E-state index is 14.3. The van der Waals surface area contributed by atoms with Crippen LogP contribution in [0.15, 0.2) is 61.3 Å². The van der Waals surface area contributed by atoms with Crippen molar-refractivity contribution < 1.29 is 9.13 Å². The first kappa shape index (κ1) is 24.8. The molecule has 0 radical (unpaired) electrons. The van der Waals surface area contributed by atoms with Crippen molar-refractivity contribution in [2.75, 3.05) is 6.61 Å². The molecule has 33 heavy (non-hydrogen) atoms. The minimum Gasteiger partial charge on any atom is -0.379 e. The van der Waals surface area contributed by atoms with Crippen LogP contribution in [0.3, 0.4) is 0 Å². The lowest BCUT2D eigenvalue weighted by Crippen LogP contribution is -2.08. The summed E-state index contributed by atoms with van der Waals surface area (Å²) >= 11 is 0. The molecule has 1 atom stereocenters. The monoisotopic (exact) mass is 446 g/mol. The molecule has 0 saturated heterocycles. The minimum absolute atomic E-state index is 0.207. The molecule has 0 saturated carbocycles. The topological polar surface area (TPSA) is 35.0 Å². The second-order valence-electron chi connectivity index (χ2n) is 8.52. The predicted molar refractivity (Wildman–Crippen MR) is 137 cm³/mol. The molecule has 4 heteroatoms. The van der Waals surface area contributed by atoms with Gasteiger partial charge in [-0.15, -0.1) is 6.58 Å². The zero-order valence-electron chi connectivity index (χ0n) is 19.9. The first-order valence-corrected chi connectivity index (χ1v) is 12.1. The Morgan fingerprint density at radius 3 is 2.70 bits per heavy atom. The highest BCUT2D eigenvalue weighted by molar-refractivity contribution is 5.84. The van der Waals surface area contributed by atoms with Gasteiger partial charge in [-0.05, 0) is 80.0 Å². The summed E-state index contributed by atoms with van der Waals surface area (Å²) in [5.41, 5.74) is 3.33. The second kappa shape index (κ2) is 13.0. The summed E-state index contributed by atoms with van der Waals surface area (Å²) in [4.78, 5) is 9.13. The summed E-state index contributed by atoms with van der Waals surface area (Å²) in [6, 6.07) is 11.3. The quantitative estimate of drug-likeness (QED) is 0.197. The Morgan fingerprint density at radius 1 is 1.09 bits per heavy atom. The number of hydrogen-bond acceptors (Lipinski definition) is 3. The van der Waals surface area contributed by atoms with Crippen molar-refractivity contribution in [1.82, 2.24) is 9.97 Å². The Kier molecular flexibility index (Phi) is 9.77. The smallest absolute Gasteiger partial charge is 0.152 e. The van der Waals surface area contributed by atoms with Crippen molar-refractivity contribution in [2.45, 2.75) is 64.9 Å². The Bertz CT molecular complexity index is 1080. The molecule has 2 aromatic carbocycles. The van der Waals surface area contributed by atoms with Crippen LogP contribution in [0.5, 0.6) is 0 Å². The molecule has 0 fully saturated rings.